The highest BCUT2D eigenvalue weighted by Crippen LogP contribution is 2.48. The van der Waals surface area contributed by atoms with Gasteiger partial charge in [-0.1, -0.05) is 19.9 Å². The van der Waals surface area contributed by atoms with E-state index < -0.39 is 29.4 Å². The lowest BCUT2D eigenvalue weighted by Gasteiger charge is -2.39. The molecule has 1 aromatic carbocycles. The molecular weight excluding hydrogens is 404 g/mol. The van der Waals surface area contributed by atoms with E-state index in [2.05, 4.69) is 4.99 Å². The molecular formula is C24H27F2NO4. The summed E-state index contributed by atoms with van der Waals surface area (Å²) in [4.78, 5) is 30.9. The van der Waals surface area contributed by atoms with Crippen LogP contribution in [0.25, 0.3) is 0 Å². The molecule has 0 aromatic heterocycles. The van der Waals surface area contributed by atoms with Gasteiger partial charge in [-0.3, -0.25) is 14.6 Å². The van der Waals surface area contributed by atoms with E-state index in [1.54, 1.807) is 6.92 Å². The van der Waals surface area contributed by atoms with Crippen molar-refractivity contribution in [2.45, 2.75) is 58.5 Å². The van der Waals surface area contributed by atoms with Crippen LogP contribution in [0.2, 0.25) is 0 Å². The Hall–Kier alpha value is -2.41. The quantitative estimate of drug-likeness (QED) is 0.659. The normalized spacial score (nSPS) is 27.7. The van der Waals surface area contributed by atoms with Crippen molar-refractivity contribution in [3.05, 3.63) is 46.7 Å². The van der Waals surface area contributed by atoms with Crippen molar-refractivity contribution in [1.29, 1.82) is 0 Å². The van der Waals surface area contributed by atoms with Gasteiger partial charge in [0, 0.05) is 35.9 Å². The van der Waals surface area contributed by atoms with Crippen molar-refractivity contribution in [2.75, 3.05) is 13.2 Å². The summed E-state index contributed by atoms with van der Waals surface area (Å²) in [5.74, 6) is -4.29. The van der Waals surface area contributed by atoms with Gasteiger partial charge in [0.2, 0.25) is 0 Å². The predicted octanol–water partition coefficient (Wildman–Crippen LogP) is 4.50. The van der Waals surface area contributed by atoms with Gasteiger partial charge in [0.05, 0.1) is 6.10 Å². The van der Waals surface area contributed by atoms with Crippen LogP contribution >= 0.6 is 0 Å². The second-order valence-corrected chi connectivity index (χ2v) is 9.45. The first-order valence-electron chi connectivity index (χ1n) is 10.7. The van der Waals surface area contributed by atoms with Gasteiger partial charge in [-0.25, -0.2) is 8.78 Å². The Morgan fingerprint density at radius 2 is 2.03 bits per heavy atom. The second kappa shape index (κ2) is 8.26. The van der Waals surface area contributed by atoms with Crippen LogP contribution in [0.3, 0.4) is 0 Å². The Morgan fingerprint density at radius 1 is 1.26 bits per heavy atom. The Kier molecular flexibility index (Phi) is 5.81. The fraction of sp³-hybridized carbons (Fsp3) is 0.542. The van der Waals surface area contributed by atoms with Crippen molar-refractivity contribution in [1.82, 2.24) is 0 Å². The van der Waals surface area contributed by atoms with Crippen molar-refractivity contribution >= 4 is 17.5 Å². The van der Waals surface area contributed by atoms with E-state index in [4.69, 9.17) is 9.47 Å². The van der Waals surface area contributed by atoms with Crippen molar-refractivity contribution in [2.24, 2.45) is 16.3 Å². The molecule has 2 heterocycles. The summed E-state index contributed by atoms with van der Waals surface area (Å²) in [5.41, 5.74) is 1.65. The third-order valence-corrected chi connectivity index (χ3v) is 6.29. The number of Topliss-reactive ketones (excluding diaryl/α,β-unsaturated/α-hetero) is 1. The maximum atomic E-state index is 14.1. The van der Waals surface area contributed by atoms with Gasteiger partial charge in [-0.2, -0.15) is 0 Å². The molecule has 0 amide bonds. The number of esters is 1. The lowest BCUT2D eigenvalue weighted by Crippen LogP contribution is -2.40. The lowest BCUT2D eigenvalue weighted by atomic mass is 9.67. The number of hydrogen-bond acceptors (Lipinski definition) is 5. The molecule has 31 heavy (non-hydrogen) atoms. The molecule has 1 fully saturated rings. The Labute approximate surface area is 180 Å². The van der Waals surface area contributed by atoms with Gasteiger partial charge in [-0.15, -0.1) is 0 Å². The first kappa shape index (κ1) is 21.8. The number of aliphatic imine (C=N–C) groups is 1. The summed E-state index contributed by atoms with van der Waals surface area (Å²) < 4.78 is 38.8. The number of carbonyl (C=O) groups excluding carboxylic acids is 2. The van der Waals surface area contributed by atoms with Crippen LogP contribution in [0.1, 0.15) is 57.9 Å². The minimum atomic E-state index is -1.02. The second-order valence-electron chi connectivity index (χ2n) is 9.45. The number of ether oxygens (including phenoxy) is 2. The highest BCUT2D eigenvalue weighted by Gasteiger charge is 2.46. The van der Waals surface area contributed by atoms with Gasteiger partial charge in [0.25, 0.3) is 0 Å². The van der Waals surface area contributed by atoms with Crippen molar-refractivity contribution < 1.29 is 27.8 Å². The number of hydrogen-bond donors (Lipinski definition) is 0. The molecule has 0 radical (unpaired) electrons. The monoisotopic (exact) mass is 431 g/mol. The molecule has 1 aliphatic carbocycles. The first-order chi connectivity index (χ1) is 14.7. The Balaban J connectivity index is 1.73. The largest absolute Gasteiger partial charge is 0.462 e. The van der Waals surface area contributed by atoms with Gasteiger partial charge in [0.15, 0.2) is 17.4 Å². The number of carbonyl (C=O) groups is 2. The maximum Gasteiger partial charge on any atom is 0.315 e. The minimum absolute atomic E-state index is 0.117. The van der Waals surface area contributed by atoms with Crippen LogP contribution in [0.15, 0.2) is 34.5 Å². The highest BCUT2D eigenvalue weighted by atomic mass is 19.2. The third-order valence-electron chi connectivity index (χ3n) is 6.29. The number of nitrogens with zero attached hydrogens (tertiary/aromatic N) is 1. The zero-order valence-corrected chi connectivity index (χ0v) is 18.0. The lowest BCUT2D eigenvalue weighted by molar-refractivity contribution is -0.149. The molecule has 1 unspecified atom stereocenters. The molecule has 0 N–H and O–H groups in total. The van der Waals surface area contributed by atoms with Gasteiger partial charge in [-0.05, 0) is 49.3 Å². The van der Waals surface area contributed by atoms with E-state index >= 15 is 0 Å². The Morgan fingerprint density at radius 3 is 2.71 bits per heavy atom. The first-order valence-corrected chi connectivity index (χ1v) is 10.7. The summed E-state index contributed by atoms with van der Waals surface area (Å²) in [6, 6.07) is 3.52. The molecule has 2 aliphatic heterocycles. The molecule has 3 atom stereocenters. The number of benzene rings is 1. The highest BCUT2D eigenvalue weighted by molar-refractivity contribution is 6.09. The van der Waals surface area contributed by atoms with E-state index in [1.165, 1.54) is 6.07 Å². The molecule has 3 aliphatic rings. The molecule has 1 aromatic rings. The maximum absolute atomic E-state index is 14.1. The van der Waals surface area contributed by atoms with Crippen LogP contribution in [0.4, 0.5) is 8.78 Å². The molecule has 166 valence electrons. The molecule has 4 rings (SSSR count). The average molecular weight is 431 g/mol. The van der Waals surface area contributed by atoms with Gasteiger partial charge >= 0.3 is 5.97 Å². The topological polar surface area (TPSA) is 65.0 Å². The average Bonchev–Trinajstić information content (AvgIpc) is 3.20. The number of ketones is 1. The van der Waals surface area contributed by atoms with E-state index in [9.17, 15) is 18.4 Å². The van der Waals surface area contributed by atoms with Crippen LogP contribution in [-0.4, -0.2) is 36.8 Å². The molecule has 7 heteroatoms. The van der Waals surface area contributed by atoms with Gasteiger partial charge in [0.1, 0.15) is 12.5 Å². The van der Waals surface area contributed by atoms with Gasteiger partial charge < -0.3 is 9.47 Å². The number of allylic oxidation sites excluding steroid dienone is 2. The number of rotatable bonds is 4. The summed E-state index contributed by atoms with van der Waals surface area (Å²) >= 11 is 0. The number of halogens is 2. The van der Waals surface area contributed by atoms with Crippen LogP contribution in [-0.2, 0) is 19.1 Å². The Bertz CT molecular complexity index is 976. The zero-order valence-electron chi connectivity index (χ0n) is 18.0. The molecule has 0 spiro atoms. The van der Waals surface area contributed by atoms with E-state index in [1.807, 2.05) is 13.8 Å². The van der Waals surface area contributed by atoms with E-state index in [0.717, 1.165) is 25.0 Å². The summed E-state index contributed by atoms with van der Waals surface area (Å²) in [5, 5.41) is 0. The third kappa shape index (κ3) is 4.33. The van der Waals surface area contributed by atoms with Crippen LogP contribution < -0.4 is 0 Å². The van der Waals surface area contributed by atoms with Crippen LogP contribution in [0, 0.1) is 23.0 Å². The van der Waals surface area contributed by atoms with Crippen molar-refractivity contribution in [3.63, 3.8) is 0 Å². The SMILES string of the molecule is CC1=NC2=C(C(=O)CC(C)(C)C2)[C@@H](c2ccc(F)c(F)c2)C1C(=O)OC[C@H]1CCCO1. The molecule has 5 nitrogen and oxygen atoms in total. The zero-order chi connectivity index (χ0) is 22.3. The van der Waals surface area contributed by atoms with Crippen molar-refractivity contribution in [3.8, 4) is 0 Å². The fourth-order valence-corrected chi connectivity index (χ4v) is 4.86. The predicted molar refractivity (Wildman–Crippen MR) is 111 cm³/mol. The molecule has 0 bridgehead atoms. The summed E-state index contributed by atoms with van der Waals surface area (Å²) in [7, 11) is 0. The summed E-state index contributed by atoms with van der Waals surface area (Å²) in [6.07, 6.45) is 2.48. The van der Waals surface area contributed by atoms with E-state index in [0.29, 0.717) is 42.0 Å². The van der Waals surface area contributed by atoms with E-state index in [-0.39, 0.29) is 23.9 Å². The molecule has 1 saturated heterocycles. The smallest absolute Gasteiger partial charge is 0.315 e. The minimum Gasteiger partial charge on any atom is -0.462 e. The fourth-order valence-electron chi connectivity index (χ4n) is 4.86. The summed E-state index contributed by atoms with van der Waals surface area (Å²) in [6.45, 7) is 6.48. The molecule has 0 saturated carbocycles. The standard InChI is InChI=1S/C24H27F2NO4/c1-13-20(23(29)31-12-15-5-4-8-30-15)21(14-6-7-16(25)17(26)9-14)22-18(27-13)10-24(2,3)11-19(22)28/h6-7,9,15,20-21H,4-5,8,10-12H2,1-3H3/t15-,20?,21+/m1/s1. The van der Waals surface area contributed by atoms with Crippen LogP contribution in [0.5, 0.6) is 0 Å².